The Labute approximate surface area is 125 Å². The third-order valence-corrected chi connectivity index (χ3v) is 3.66. The number of benzene rings is 2. The van der Waals surface area contributed by atoms with Crippen LogP contribution in [0.25, 0.3) is 11.3 Å². The first-order valence-electron chi connectivity index (χ1n) is 7.15. The highest BCUT2D eigenvalue weighted by Gasteiger charge is 2.05. The Morgan fingerprint density at radius 2 is 1.67 bits per heavy atom. The summed E-state index contributed by atoms with van der Waals surface area (Å²) in [5.41, 5.74) is 5.87. The predicted molar refractivity (Wildman–Crippen MR) is 87.2 cm³/mol. The molecule has 3 nitrogen and oxygen atoms in total. The van der Waals surface area contributed by atoms with Crippen molar-refractivity contribution < 1.29 is 0 Å². The second kappa shape index (κ2) is 5.83. The van der Waals surface area contributed by atoms with E-state index in [1.165, 1.54) is 11.1 Å². The van der Waals surface area contributed by atoms with E-state index in [1.807, 2.05) is 6.07 Å². The number of nitrogens with one attached hydrogen (secondary N) is 2. The van der Waals surface area contributed by atoms with Gasteiger partial charge in [0.1, 0.15) is 0 Å². The summed E-state index contributed by atoms with van der Waals surface area (Å²) in [7, 11) is 0. The van der Waals surface area contributed by atoms with E-state index in [1.54, 1.807) is 6.20 Å². The van der Waals surface area contributed by atoms with Gasteiger partial charge in [0, 0.05) is 17.9 Å². The molecule has 0 radical (unpaired) electrons. The van der Waals surface area contributed by atoms with Gasteiger partial charge in [0.15, 0.2) is 0 Å². The van der Waals surface area contributed by atoms with Crippen molar-refractivity contribution in [3.05, 3.63) is 71.9 Å². The summed E-state index contributed by atoms with van der Waals surface area (Å²) in [5.74, 6) is 0. The molecule has 0 aliphatic rings. The van der Waals surface area contributed by atoms with Crippen molar-refractivity contribution in [3.8, 4) is 11.3 Å². The van der Waals surface area contributed by atoms with Gasteiger partial charge in [0.25, 0.3) is 0 Å². The van der Waals surface area contributed by atoms with Gasteiger partial charge >= 0.3 is 0 Å². The van der Waals surface area contributed by atoms with Gasteiger partial charge in [-0.3, -0.25) is 5.10 Å². The largest absolute Gasteiger partial charge is 0.379 e. The van der Waals surface area contributed by atoms with Crippen LogP contribution in [-0.2, 0) is 0 Å². The van der Waals surface area contributed by atoms with Crippen LogP contribution in [0, 0.1) is 6.92 Å². The molecule has 3 heteroatoms. The van der Waals surface area contributed by atoms with Crippen molar-refractivity contribution in [2.24, 2.45) is 0 Å². The van der Waals surface area contributed by atoms with E-state index < -0.39 is 0 Å². The van der Waals surface area contributed by atoms with Crippen molar-refractivity contribution in [2.75, 3.05) is 5.32 Å². The summed E-state index contributed by atoms with van der Waals surface area (Å²) < 4.78 is 0. The average molecular weight is 277 g/mol. The molecule has 0 amide bonds. The quantitative estimate of drug-likeness (QED) is 0.734. The third-order valence-electron chi connectivity index (χ3n) is 3.66. The van der Waals surface area contributed by atoms with Crippen molar-refractivity contribution in [2.45, 2.75) is 19.9 Å². The molecule has 0 saturated carbocycles. The number of anilines is 1. The van der Waals surface area contributed by atoms with E-state index >= 15 is 0 Å². The number of aromatic amines is 1. The lowest BCUT2D eigenvalue weighted by Crippen LogP contribution is -2.06. The molecule has 0 aliphatic heterocycles. The highest BCUT2D eigenvalue weighted by atomic mass is 15.1. The van der Waals surface area contributed by atoms with Crippen LogP contribution in [0.4, 0.5) is 5.69 Å². The highest BCUT2D eigenvalue weighted by molar-refractivity contribution is 5.62. The topological polar surface area (TPSA) is 40.7 Å². The fourth-order valence-electron chi connectivity index (χ4n) is 2.35. The monoisotopic (exact) mass is 277 g/mol. The molecule has 2 aromatic carbocycles. The molecule has 0 aliphatic carbocycles. The fourth-order valence-corrected chi connectivity index (χ4v) is 2.35. The minimum atomic E-state index is 0.281. The maximum atomic E-state index is 3.98. The van der Waals surface area contributed by atoms with Crippen LogP contribution >= 0.6 is 0 Å². The number of hydrogen-bond donors (Lipinski definition) is 2. The van der Waals surface area contributed by atoms with E-state index in [4.69, 9.17) is 0 Å². The molecule has 1 aromatic heterocycles. The molecule has 3 rings (SSSR count). The van der Waals surface area contributed by atoms with Crippen LogP contribution < -0.4 is 5.32 Å². The molecule has 3 aromatic rings. The van der Waals surface area contributed by atoms with Gasteiger partial charge in [-0.2, -0.15) is 5.10 Å². The molecule has 0 spiro atoms. The molecular formula is C18H19N3. The SMILES string of the molecule is Cc1ccc(C(C)Nc2ccc(-c3ccn[nH]3)cc2)cc1. The van der Waals surface area contributed by atoms with E-state index in [2.05, 4.69) is 77.9 Å². The third kappa shape index (κ3) is 3.14. The summed E-state index contributed by atoms with van der Waals surface area (Å²) in [6.45, 7) is 4.28. The van der Waals surface area contributed by atoms with Crippen LogP contribution in [0.2, 0.25) is 0 Å². The molecule has 0 bridgehead atoms. The Hall–Kier alpha value is -2.55. The maximum absolute atomic E-state index is 3.98. The number of nitrogens with zero attached hydrogens (tertiary/aromatic N) is 1. The molecule has 1 heterocycles. The number of H-pyrrole nitrogens is 1. The smallest absolute Gasteiger partial charge is 0.0650 e. The number of aryl methyl sites for hydroxylation is 1. The highest BCUT2D eigenvalue weighted by Crippen LogP contribution is 2.23. The van der Waals surface area contributed by atoms with Gasteiger partial charge in [-0.15, -0.1) is 0 Å². The zero-order valence-electron chi connectivity index (χ0n) is 12.3. The van der Waals surface area contributed by atoms with Gasteiger partial charge in [-0.05, 0) is 43.2 Å². The Bertz CT molecular complexity index is 682. The van der Waals surface area contributed by atoms with Crippen LogP contribution in [-0.4, -0.2) is 10.2 Å². The van der Waals surface area contributed by atoms with Crippen molar-refractivity contribution in [3.63, 3.8) is 0 Å². The minimum absolute atomic E-state index is 0.281. The van der Waals surface area contributed by atoms with Crippen LogP contribution in [0.1, 0.15) is 24.1 Å². The zero-order valence-corrected chi connectivity index (χ0v) is 12.3. The van der Waals surface area contributed by atoms with Crippen LogP contribution in [0.15, 0.2) is 60.8 Å². The van der Waals surface area contributed by atoms with Gasteiger partial charge in [0.05, 0.1) is 5.69 Å². The fraction of sp³-hybridized carbons (Fsp3) is 0.167. The Balaban J connectivity index is 1.71. The predicted octanol–water partition coefficient (Wildman–Crippen LogP) is 4.56. The number of hydrogen-bond acceptors (Lipinski definition) is 2. The Morgan fingerprint density at radius 1 is 0.952 bits per heavy atom. The van der Waals surface area contributed by atoms with Gasteiger partial charge in [-0.1, -0.05) is 42.0 Å². The van der Waals surface area contributed by atoms with E-state index in [-0.39, 0.29) is 6.04 Å². The van der Waals surface area contributed by atoms with Crippen molar-refractivity contribution in [1.29, 1.82) is 0 Å². The molecular weight excluding hydrogens is 258 g/mol. The Morgan fingerprint density at radius 3 is 2.29 bits per heavy atom. The molecule has 2 N–H and O–H groups in total. The summed E-state index contributed by atoms with van der Waals surface area (Å²) in [6, 6.07) is 19.3. The first kappa shape index (κ1) is 13.4. The lowest BCUT2D eigenvalue weighted by atomic mass is 10.1. The molecule has 0 fully saturated rings. The van der Waals surface area contributed by atoms with Gasteiger partial charge in [-0.25, -0.2) is 0 Å². The summed E-state index contributed by atoms with van der Waals surface area (Å²) in [6.07, 6.45) is 1.76. The summed E-state index contributed by atoms with van der Waals surface area (Å²) in [5, 5.41) is 10.5. The van der Waals surface area contributed by atoms with Gasteiger partial charge < -0.3 is 5.32 Å². The van der Waals surface area contributed by atoms with Gasteiger partial charge in [0.2, 0.25) is 0 Å². The van der Waals surface area contributed by atoms with Crippen LogP contribution in [0.5, 0.6) is 0 Å². The van der Waals surface area contributed by atoms with E-state index in [9.17, 15) is 0 Å². The second-order valence-corrected chi connectivity index (χ2v) is 5.32. The molecule has 1 unspecified atom stereocenters. The maximum Gasteiger partial charge on any atom is 0.0650 e. The molecule has 21 heavy (non-hydrogen) atoms. The summed E-state index contributed by atoms with van der Waals surface area (Å²) >= 11 is 0. The lowest BCUT2D eigenvalue weighted by molar-refractivity contribution is 0.884. The first-order chi connectivity index (χ1) is 10.2. The molecule has 0 saturated heterocycles. The standard InChI is InChI=1S/C18H19N3/c1-13-3-5-15(6-4-13)14(2)20-17-9-7-16(8-10-17)18-11-12-19-21-18/h3-12,14,20H,1-2H3,(H,19,21). The zero-order chi connectivity index (χ0) is 14.7. The minimum Gasteiger partial charge on any atom is -0.379 e. The molecule has 106 valence electrons. The Kier molecular flexibility index (Phi) is 3.73. The second-order valence-electron chi connectivity index (χ2n) is 5.32. The normalized spacial score (nSPS) is 12.1. The van der Waals surface area contributed by atoms with Crippen molar-refractivity contribution >= 4 is 5.69 Å². The lowest BCUT2D eigenvalue weighted by Gasteiger charge is -2.16. The van der Waals surface area contributed by atoms with Crippen molar-refractivity contribution in [1.82, 2.24) is 10.2 Å². The van der Waals surface area contributed by atoms with E-state index in [0.29, 0.717) is 0 Å². The number of rotatable bonds is 4. The average Bonchev–Trinajstić information content (AvgIpc) is 3.03. The first-order valence-corrected chi connectivity index (χ1v) is 7.15. The van der Waals surface area contributed by atoms with E-state index in [0.717, 1.165) is 16.9 Å². The summed E-state index contributed by atoms with van der Waals surface area (Å²) in [4.78, 5) is 0. The van der Waals surface area contributed by atoms with Crippen LogP contribution in [0.3, 0.4) is 0 Å². The number of aromatic nitrogens is 2. The molecule has 1 atom stereocenters.